The zero-order valence-electron chi connectivity index (χ0n) is 12.2. The molecule has 1 aliphatic rings. The average Bonchev–Trinajstić information content (AvgIpc) is 2.74. The van der Waals surface area contributed by atoms with E-state index in [1.54, 1.807) is 6.07 Å². The number of nitrogens with one attached hydrogen (secondary N) is 1. The summed E-state index contributed by atoms with van der Waals surface area (Å²) in [6, 6.07) is 5.21. The van der Waals surface area contributed by atoms with Gasteiger partial charge < -0.3 is 10.2 Å². The predicted octanol–water partition coefficient (Wildman–Crippen LogP) is 2.04. The third-order valence-corrected chi connectivity index (χ3v) is 3.48. The van der Waals surface area contributed by atoms with E-state index in [0.29, 0.717) is 16.9 Å². The fraction of sp³-hybridized carbons (Fsp3) is 0.467. The highest BCUT2D eigenvalue weighted by atomic mass is 19.4. The number of carbonyl (C=O) groups is 2. The Balaban J connectivity index is 1.79. The van der Waals surface area contributed by atoms with Crippen LogP contribution in [0, 0.1) is 5.82 Å². The quantitative estimate of drug-likeness (QED) is 0.839. The summed E-state index contributed by atoms with van der Waals surface area (Å²) in [6.45, 7) is -1.45. The molecule has 0 unspecified atom stereocenters. The van der Waals surface area contributed by atoms with E-state index in [0.717, 1.165) is 0 Å². The number of rotatable bonds is 5. The summed E-state index contributed by atoms with van der Waals surface area (Å²) in [7, 11) is 0. The van der Waals surface area contributed by atoms with E-state index in [1.165, 1.54) is 18.2 Å². The molecule has 1 aliphatic heterocycles. The Morgan fingerprint density at radius 2 is 2.09 bits per heavy atom. The Labute approximate surface area is 130 Å². The standard InChI is InChI=1S/C15H16F4N2O2/c16-11-3-1-2-10(6-11)4-5-13(22)20-12-7-14(23)21(8-12)9-15(17,18)19/h1-3,6,12H,4-5,7-9H2,(H,20,22)/t12-/m1/s1. The summed E-state index contributed by atoms with van der Waals surface area (Å²) in [4.78, 5) is 24.0. The van der Waals surface area contributed by atoms with Crippen LogP contribution in [0.2, 0.25) is 0 Å². The van der Waals surface area contributed by atoms with Crippen molar-refractivity contribution in [3.05, 3.63) is 35.6 Å². The third kappa shape index (κ3) is 5.54. The van der Waals surface area contributed by atoms with Crippen LogP contribution in [0.25, 0.3) is 0 Å². The SMILES string of the molecule is O=C(CCc1cccc(F)c1)N[C@@H]1CC(=O)N(CC(F)(F)F)C1. The largest absolute Gasteiger partial charge is 0.406 e. The van der Waals surface area contributed by atoms with Gasteiger partial charge in [-0.05, 0) is 24.1 Å². The van der Waals surface area contributed by atoms with Gasteiger partial charge in [-0.25, -0.2) is 4.39 Å². The first-order valence-electron chi connectivity index (χ1n) is 7.11. The van der Waals surface area contributed by atoms with E-state index in [1.807, 2.05) is 0 Å². The molecule has 0 aliphatic carbocycles. The van der Waals surface area contributed by atoms with Crippen molar-refractivity contribution in [1.82, 2.24) is 10.2 Å². The Kier molecular flexibility index (Phi) is 5.23. The molecule has 0 spiro atoms. The van der Waals surface area contributed by atoms with Gasteiger partial charge in [0.05, 0.1) is 6.04 Å². The van der Waals surface area contributed by atoms with Gasteiger partial charge in [0.2, 0.25) is 11.8 Å². The highest BCUT2D eigenvalue weighted by Crippen LogP contribution is 2.21. The molecule has 0 saturated carbocycles. The normalized spacial score (nSPS) is 18.3. The van der Waals surface area contributed by atoms with Crippen molar-refractivity contribution < 1.29 is 27.2 Å². The second-order valence-electron chi connectivity index (χ2n) is 5.49. The molecule has 1 N–H and O–H groups in total. The summed E-state index contributed by atoms with van der Waals surface area (Å²) in [6.07, 6.45) is -4.20. The number of alkyl halides is 3. The third-order valence-electron chi connectivity index (χ3n) is 3.48. The summed E-state index contributed by atoms with van der Waals surface area (Å²) >= 11 is 0. The Hall–Kier alpha value is -2.12. The van der Waals surface area contributed by atoms with Crippen LogP contribution in [0.4, 0.5) is 17.6 Å². The average molecular weight is 332 g/mol. The maximum absolute atomic E-state index is 13.0. The van der Waals surface area contributed by atoms with Gasteiger partial charge >= 0.3 is 6.18 Å². The molecule has 1 heterocycles. The van der Waals surface area contributed by atoms with Crippen LogP contribution in [0.1, 0.15) is 18.4 Å². The van der Waals surface area contributed by atoms with Crippen LogP contribution >= 0.6 is 0 Å². The number of hydrogen-bond acceptors (Lipinski definition) is 2. The molecule has 0 bridgehead atoms. The Morgan fingerprint density at radius 1 is 1.35 bits per heavy atom. The number of aryl methyl sites for hydroxylation is 1. The van der Waals surface area contributed by atoms with Crippen molar-refractivity contribution in [3.8, 4) is 0 Å². The van der Waals surface area contributed by atoms with Gasteiger partial charge in [-0.1, -0.05) is 12.1 Å². The number of amides is 2. The highest BCUT2D eigenvalue weighted by molar-refractivity contribution is 5.82. The molecule has 1 aromatic rings. The number of hydrogen-bond donors (Lipinski definition) is 1. The van der Waals surface area contributed by atoms with Gasteiger partial charge in [0.15, 0.2) is 0 Å². The van der Waals surface area contributed by atoms with Crippen LogP contribution in [-0.4, -0.2) is 42.0 Å². The zero-order chi connectivity index (χ0) is 17.0. The van der Waals surface area contributed by atoms with E-state index in [4.69, 9.17) is 0 Å². The minimum absolute atomic E-state index is 0.0768. The summed E-state index contributed by atoms with van der Waals surface area (Å²) in [5, 5.41) is 2.55. The Morgan fingerprint density at radius 3 is 2.74 bits per heavy atom. The van der Waals surface area contributed by atoms with Crippen LogP contribution in [0.15, 0.2) is 24.3 Å². The lowest BCUT2D eigenvalue weighted by Crippen LogP contribution is -2.39. The number of benzene rings is 1. The molecule has 0 radical (unpaired) electrons. The molecule has 8 heteroatoms. The highest BCUT2D eigenvalue weighted by Gasteiger charge is 2.38. The van der Waals surface area contributed by atoms with E-state index in [2.05, 4.69) is 5.32 Å². The lowest BCUT2D eigenvalue weighted by Gasteiger charge is -2.18. The molecule has 1 aromatic carbocycles. The molecule has 2 rings (SSSR count). The monoisotopic (exact) mass is 332 g/mol. The maximum Gasteiger partial charge on any atom is 0.406 e. The summed E-state index contributed by atoms with van der Waals surface area (Å²) < 4.78 is 49.9. The predicted molar refractivity (Wildman–Crippen MR) is 73.9 cm³/mol. The first-order valence-corrected chi connectivity index (χ1v) is 7.11. The summed E-state index contributed by atoms with van der Waals surface area (Å²) in [5.41, 5.74) is 0.654. The van der Waals surface area contributed by atoms with Crippen molar-refractivity contribution in [2.24, 2.45) is 0 Å². The maximum atomic E-state index is 13.0. The van der Waals surface area contributed by atoms with Crippen molar-refractivity contribution in [1.29, 1.82) is 0 Å². The lowest BCUT2D eigenvalue weighted by molar-refractivity contribution is -0.157. The fourth-order valence-electron chi connectivity index (χ4n) is 2.49. The number of likely N-dealkylation sites (tertiary alicyclic amines) is 1. The molecular weight excluding hydrogens is 316 g/mol. The molecule has 0 aromatic heterocycles. The molecular formula is C15H16F4N2O2. The van der Waals surface area contributed by atoms with Crippen molar-refractivity contribution in [2.75, 3.05) is 13.1 Å². The number of halogens is 4. The first kappa shape index (κ1) is 17.2. The van der Waals surface area contributed by atoms with Crippen LogP contribution < -0.4 is 5.32 Å². The van der Waals surface area contributed by atoms with Gasteiger partial charge in [0, 0.05) is 19.4 Å². The second-order valence-corrected chi connectivity index (χ2v) is 5.49. The van der Waals surface area contributed by atoms with Crippen molar-refractivity contribution in [3.63, 3.8) is 0 Å². The van der Waals surface area contributed by atoms with E-state index >= 15 is 0 Å². The molecule has 126 valence electrons. The smallest absolute Gasteiger partial charge is 0.351 e. The van der Waals surface area contributed by atoms with Gasteiger partial charge in [0.1, 0.15) is 12.4 Å². The molecule has 4 nitrogen and oxygen atoms in total. The van der Waals surface area contributed by atoms with E-state index in [9.17, 15) is 27.2 Å². The van der Waals surface area contributed by atoms with Gasteiger partial charge in [-0.15, -0.1) is 0 Å². The second kappa shape index (κ2) is 6.97. The van der Waals surface area contributed by atoms with Gasteiger partial charge in [0.25, 0.3) is 0 Å². The fourth-order valence-corrected chi connectivity index (χ4v) is 2.49. The first-order chi connectivity index (χ1) is 10.7. The van der Waals surface area contributed by atoms with Crippen LogP contribution in [-0.2, 0) is 16.0 Å². The molecule has 1 fully saturated rings. The minimum Gasteiger partial charge on any atom is -0.351 e. The van der Waals surface area contributed by atoms with Gasteiger partial charge in [-0.2, -0.15) is 13.2 Å². The van der Waals surface area contributed by atoms with Crippen LogP contribution in [0.3, 0.4) is 0 Å². The van der Waals surface area contributed by atoms with Crippen molar-refractivity contribution >= 4 is 11.8 Å². The van der Waals surface area contributed by atoms with E-state index < -0.39 is 30.5 Å². The molecule has 1 saturated heterocycles. The van der Waals surface area contributed by atoms with Gasteiger partial charge in [-0.3, -0.25) is 9.59 Å². The van der Waals surface area contributed by atoms with Crippen LogP contribution in [0.5, 0.6) is 0 Å². The lowest BCUT2D eigenvalue weighted by atomic mass is 10.1. The molecule has 2 amide bonds. The Bertz CT molecular complexity index is 589. The van der Waals surface area contributed by atoms with E-state index in [-0.39, 0.29) is 25.3 Å². The topological polar surface area (TPSA) is 49.4 Å². The number of nitrogens with zero attached hydrogens (tertiary/aromatic N) is 1. The zero-order valence-corrected chi connectivity index (χ0v) is 12.2. The molecule has 23 heavy (non-hydrogen) atoms. The van der Waals surface area contributed by atoms with Crippen molar-refractivity contribution in [2.45, 2.75) is 31.5 Å². The minimum atomic E-state index is -4.45. The molecule has 1 atom stereocenters. The summed E-state index contributed by atoms with van der Waals surface area (Å²) in [5.74, 6) is -1.40. The number of carbonyl (C=O) groups excluding carboxylic acids is 2.